The molecule has 1 aromatic heterocycles. The van der Waals surface area contributed by atoms with Crippen LogP contribution in [0.15, 0.2) is 42.5 Å². The van der Waals surface area contributed by atoms with E-state index in [4.69, 9.17) is 4.74 Å². The molecule has 0 fully saturated rings. The number of benzene rings is 2. The number of nitro groups is 1. The first-order chi connectivity index (χ1) is 13.4. The molecule has 0 unspecified atom stereocenters. The van der Waals surface area contributed by atoms with Crippen molar-refractivity contribution in [3.63, 3.8) is 0 Å². The summed E-state index contributed by atoms with van der Waals surface area (Å²) in [5, 5.41) is 11.9. The minimum Gasteiger partial charge on any atom is -0.494 e. The second-order valence-electron chi connectivity index (χ2n) is 6.49. The molecule has 9 heteroatoms. The van der Waals surface area contributed by atoms with Gasteiger partial charge in [-0.2, -0.15) is 0 Å². The van der Waals surface area contributed by atoms with Crippen LogP contribution in [-0.4, -0.2) is 50.1 Å². The minimum absolute atomic E-state index is 0.0486. The summed E-state index contributed by atoms with van der Waals surface area (Å²) < 4.78 is 6.24. The number of fused-ring (bicyclic) bond motifs is 1. The topological polar surface area (TPSA) is 90.0 Å². The normalized spacial score (nSPS) is 11.0. The molecule has 3 rings (SSSR count). The summed E-state index contributed by atoms with van der Waals surface area (Å²) >= 11 is 1.36. The second kappa shape index (κ2) is 8.32. The van der Waals surface area contributed by atoms with E-state index >= 15 is 0 Å². The lowest BCUT2D eigenvalue weighted by atomic mass is 10.1. The third kappa shape index (κ3) is 3.95. The number of likely N-dealkylation sites (N-methyl/N-ethyl adjacent to an activating group) is 1. The number of amides is 1. The average Bonchev–Trinajstić information content (AvgIpc) is 3.11. The molecule has 0 aliphatic carbocycles. The van der Waals surface area contributed by atoms with Crippen LogP contribution in [0.1, 0.15) is 10.4 Å². The number of aromatic nitrogens is 1. The summed E-state index contributed by atoms with van der Waals surface area (Å²) in [6.07, 6.45) is 0. The van der Waals surface area contributed by atoms with Gasteiger partial charge in [0.15, 0.2) is 5.13 Å². The molecule has 0 aliphatic heterocycles. The number of ether oxygens (including phenoxy) is 1. The summed E-state index contributed by atoms with van der Waals surface area (Å²) in [7, 11) is 5.53. The summed E-state index contributed by atoms with van der Waals surface area (Å²) in [4.78, 5) is 31.4. The third-order valence-electron chi connectivity index (χ3n) is 4.23. The van der Waals surface area contributed by atoms with E-state index in [9.17, 15) is 14.9 Å². The Labute approximate surface area is 166 Å². The zero-order valence-electron chi connectivity index (χ0n) is 15.8. The molecule has 0 radical (unpaired) electrons. The van der Waals surface area contributed by atoms with Crippen LogP contribution in [0.4, 0.5) is 10.8 Å². The van der Waals surface area contributed by atoms with Gasteiger partial charge in [-0.15, -0.1) is 0 Å². The van der Waals surface area contributed by atoms with Gasteiger partial charge >= 0.3 is 0 Å². The number of methoxy groups -OCH3 is 1. The van der Waals surface area contributed by atoms with Gasteiger partial charge in [-0.05, 0) is 18.2 Å². The second-order valence-corrected chi connectivity index (χ2v) is 7.50. The molecular formula is C19H21N4O4S+. The number of anilines is 1. The van der Waals surface area contributed by atoms with E-state index in [0.717, 1.165) is 9.60 Å². The molecule has 8 nitrogen and oxygen atoms in total. The molecule has 28 heavy (non-hydrogen) atoms. The van der Waals surface area contributed by atoms with Crippen molar-refractivity contribution in [3.05, 3.63) is 58.1 Å². The fourth-order valence-electron chi connectivity index (χ4n) is 2.77. The number of carbonyl (C=O) groups is 1. The van der Waals surface area contributed by atoms with Crippen LogP contribution in [0, 0.1) is 10.1 Å². The van der Waals surface area contributed by atoms with Crippen LogP contribution in [0.2, 0.25) is 0 Å². The van der Waals surface area contributed by atoms with Crippen LogP contribution in [0.5, 0.6) is 5.75 Å². The number of thiazole rings is 1. The van der Waals surface area contributed by atoms with Crippen molar-refractivity contribution in [2.24, 2.45) is 0 Å². The number of para-hydroxylation sites is 2. The molecule has 0 spiro atoms. The Hall–Kier alpha value is -3.04. The predicted octanol–water partition coefficient (Wildman–Crippen LogP) is 2.00. The summed E-state index contributed by atoms with van der Waals surface area (Å²) in [6.45, 7) is 1.05. The highest BCUT2D eigenvalue weighted by Gasteiger charge is 2.28. The minimum atomic E-state index is -0.538. The Morgan fingerprint density at radius 1 is 1.25 bits per heavy atom. The van der Waals surface area contributed by atoms with Crippen LogP contribution in [-0.2, 0) is 0 Å². The SMILES string of the molecule is COc1cccc2sc(N(CC[NH+](C)C)C(=O)c3ccccc3[N+](=O)[O-])nc12. The van der Waals surface area contributed by atoms with Crippen molar-refractivity contribution >= 4 is 38.3 Å². The van der Waals surface area contributed by atoms with E-state index in [1.54, 1.807) is 19.2 Å². The third-order valence-corrected chi connectivity index (χ3v) is 5.28. The molecule has 1 N–H and O–H groups in total. The Kier molecular flexibility index (Phi) is 5.86. The summed E-state index contributed by atoms with van der Waals surface area (Å²) in [5.41, 5.74) is 0.503. The number of hydrogen-bond acceptors (Lipinski definition) is 6. The average molecular weight is 401 g/mol. The van der Waals surface area contributed by atoms with Crippen molar-refractivity contribution in [1.29, 1.82) is 0 Å². The highest BCUT2D eigenvalue weighted by Crippen LogP contribution is 2.35. The lowest BCUT2D eigenvalue weighted by molar-refractivity contribution is -0.856. The largest absolute Gasteiger partial charge is 0.494 e. The van der Waals surface area contributed by atoms with Gasteiger partial charge in [0.25, 0.3) is 11.6 Å². The van der Waals surface area contributed by atoms with Gasteiger partial charge in [0.1, 0.15) is 16.8 Å². The van der Waals surface area contributed by atoms with E-state index < -0.39 is 10.8 Å². The van der Waals surface area contributed by atoms with Crippen LogP contribution in [0.3, 0.4) is 0 Å². The highest BCUT2D eigenvalue weighted by molar-refractivity contribution is 7.22. The fourth-order valence-corrected chi connectivity index (χ4v) is 3.78. The molecule has 2 aromatic carbocycles. The number of nitrogens with zero attached hydrogens (tertiary/aromatic N) is 3. The van der Waals surface area contributed by atoms with E-state index in [0.29, 0.717) is 29.5 Å². The summed E-state index contributed by atoms with van der Waals surface area (Å²) in [5.74, 6) is 0.183. The Bertz CT molecular complexity index is 1020. The van der Waals surface area contributed by atoms with Crippen LogP contribution < -0.4 is 14.5 Å². The molecule has 0 atom stereocenters. The van der Waals surface area contributed by atoms with Crippen molar-refractivity contribution in [2.75, 3.05) is 39.2 Å². The smallest absolute Gasteiger partial charge is 0.282 e. The van der Waals surface area contributed by atoms with Crippen molar-refractivity contribution in [3.8, 4) is 5.75 Å². The van der Waals surface area contributed by atoms with E-state index in [1.165, 1.54) is 28.4 Å². The highest BCUT2D eigenvalue weighted by atomic mass is 32.1. The van der Waals surface area contributed by atoms with Crippen LogP contribution in [0.25, 0.3) is 10.2 Å². The molecule has 0 saturated heterocycles. The first kappa shape index (κ1) is 19.7. The molecule has 0 bridgehead atoms. The lowest BCUT2D eigenvalue weighted by Crippen LogP contribution is -3.06. The van der Waals surface area contributed by atoms with Crippen molar-refractivity contribution in [1.82, 2.24) is 4.98 Å². The molecule has 1 amide bonds. The molecular weight excluding hydrogens is 380 g/mol. The number of carbonyl (C=O) groups excluding carboxylic acids is 1. The monoisotopic (exact) mass is 401 g/mol. The van der Waals surface area contributed by atoms with Gasteiger partial charge in [0.2, 0.25) is 0 Å². The Balaban J connectivity index is 2.07. The van der Waals surface area contributed by atoms with Gasteiger partial charge in [-0.3, -0.25) is 19.8 Å². The first-order valence-corrected chi connectivity index (χ1v) is 9.52. The number of nitrogens with one attached hydrogen (secondary N) is 1. The van der Waals surface area contributed by atoms with Crippen LogP contribution >= 0.6 is 11.3 Å². The number of nitro benzene ring substituents is 1. The van der Waals surface area contributed by atoms with E-state index in [2.05, 4.69) is 4.98 Å². The molecule has 0 aliphatic rings. The summed E-state index contributed by atoms with van der Waals surface area (Å²) in [6, 6.07) is 11.6. The Morgan fingerprint density at radius 3 is 2.68 bits per heavy atom. The molecule has 1 heterocycles. The first-order valence-electron chi connectivity index (χ1n) is 8.70. The van der Waals surface area contributed by atoms with Gasteiger partial charge in [0, 0.05) is 6.07 Å². The Morgan fingerprint density at radius 2 is 2.00 bits per heavy atom. The maximum atomic E-state index is 13.3. The van der Waals surface area contributed by atoms with Gasteiger partial charge < -0.3 is 9.64 Å². The fraction of sp³-hybridized carbons (Fsp3) is 0.263. The quantitative estimate of drug-likeness (QED) is 0.483. The van der Waals surface area contributed by atoms with E-state index in [1.807, 2.05) is 32.3 Å². The van der Waals surface area contributed by atoms with Crippen molar-refractivity contribution in [2.45, 2.75) is 0 Å². The standard InChI is InChI=1S/C19H20N4O4S/c1-21(2)11-12-22(18(24)13-7-4-5-8-14(13)23(25)26)19-20-17-15(27-3)9-6-10-16(17)28-19/h4-10H,11-12H2,1-3H3/p+1. The maximum Gasteiger partial charge on any atom is 0.282 e. The van der Waals surface area contributed by atoms with Gasteiger partial charge in [-0.25, -0.2) is 4.98 Å². The number of quaternary nitrogens is 1. The van der Waals surface area contributed by atoms with Gasteiger partial charge in [-0.1, -0.05) is 29.5 Å². The maximum absolute atomic E-state index is 13.3. The number of hydrogen-bond donors (Lipinski definition) is 1. The van der Waals surface area contributed by atoms with E-state index in [-0.39, 0.29) is 11.3 Å². The molecule has 0 saturated carbocycles. The predicted molar refractivity (Wildman–Crippen MR) is 109 cm³/mol. The lowest BCUT2D eigenvalue weighted by Gasteiger charge is -2.20. The zero-order valence-corrected chi connectivity index (χ0v) is 16.7. The number of rotatable bonds is 7. The molecule has 3 aromatic rings. The molecule has 146 valence electrons. The van der Waals surface area contributed by atoms with Gasteiger partial charge in [0.05, 0.1) is 43.9 Å². The van der Waals surface area contributed by atoms with Crippen molar-refractivity contribution < 1.29 is 19.4 Å². The zero-order chi connectivity index (χ0) is 20.3.